The van der Waals surface area contributed by atoms with Crippen LogP contribution in [0.25, 0.3) is 16.6 Å². The molecule has 1 atom stereocenters. The van der Waals surface area contributed by atoms with Crippen LogP contribution in [0.5, 0.6) is 0 Å². The zero-order valence-electron chi connectivity index (χ0n) is 19.0. The number of carbonyl (C=O) groups is 1. The minimum Gasteiger partial charge on any atom is -0.329 e. The van der Waals surface area contributed by atoms with Crippen molar-refractivity contribution in [3.8, 4) is 5.69 Å². The van der Waals surface area contributed by atoms with Crippen LogP contribution in [0.1, 0.15) is 48.1 Å². The molecule has 0 radical (unpaired) electrons. The maximum absolute atomic E-state index is 13.8. The molecular formula is C27H26FN3O2. The summed E-state index contributed by atoms with van der Waals surface area (Å²) < 4.78 is 15.4. The van der Waals surface area contributed by atoms with Gasteiger partial charge in [0.2, 0.25) is 0 Å². The van der Waals surface area contributed by atoms with Gasteiger partial charge in [-0.1, -0.05) is 37.3 Å². The summed E-state index contributed by atoms with van der Waals surface area (Å²) in [5, 5.41) is 0.511. The lowest BCUT2D eigenvalue weighted by Gasteiger charge is -2.31. The Morgan fingerprint density at radius 1 is 1.03 bits per heavy atom. The quantitative estimate of drug-likeness (QED) is 0.398. The van der Waals surface area contributed by atoms with Crippen LogP contribution in [0.15, 0.2) is 77.6 Å². The monoisotopic (exact) mass is 443 g/mol. The Morgan fingerprint density at radius 2 is 1.79 bits per heavy atom. The third kappa shape index (κ3) is 4.29. The number of halogens is 1. The van der Waals surface area contributed by atoms with Crippen LogP contribution in [0.2, 0.25) is 0 Å². The highest BCUT2D eigenvalue weighted by atomic mass is 19.1. The number of hydrogen-bond donors (Lipinski definition) is 0. The number of carbonyl (C=O) groups excluding carboxylic acids is 1. The van der Waals surface area contributed by atoms with Crippen LogP contribution in [0.3, 0.4) is 0 Å². The summed E-state index contributed by atoms with van der Waals surface area (Å²) in [6.45, 7) is 6.17. The summed E-state index contributed by atoms with van der Waals surface area (Å²) in [4.78, 5) is 33.6. The Labute approximate surface area is 192 Å². The average molecular weight is 444 g/mol. The fraction of sp³-hybridized carbons (Fsp3) is 0.222. The third-order valence-corrected chi connectivity index (χ3v) is 5.80. The fourth-order valence-corrected chi connectivity index (χ4v) is 4.23. The molecule has 0 aliphatic carbocycles. The number of para-hydroxylation sites is 1. The molecule has 4 rings (SSSR count). The first-order valence-electron chi connectivity index (χ1n) is 11.1. The standard InChI is InChI=1S/C27H26FN3O2/c1-4-24(30(5-2)26(32)19-11-9-12-20(28)17-19)25-29-23-15-7-6-14-22(23)27(33)31(25)21-13-8-10-18(3)16-21/h6-17,24H,4-5H2,1-3H3. The number of fused-ring (bicyclic) bond motifs is 1. The number of nitrogens with zero attached hydrogens (tertiary/aromatic N) is 3. The summed E-state index contributed by atoms with van der Waals surface area (Å²) >= 11 is 0. The predicted octanol–water partition coefficient (Wildman–Crippen LogP) is 5.45. The molecule has 5 nitrogen and oxygen atoms in total. The van der Waals surface area contributed by atoms with E-state index in [2.05, 4.69) is 0 Å². The summed E-state index contributed by atoms with van der Waals surface area (Å²) in [5.74, 6) is -0.286. The molecule has 0 aliphatic heterocycles. The highest BCUT2D eigenvalue weighted by Crippen LogP contribution is 2.27. The summed E-state index contributed by atoms with van der Waals surface area (Å²) in [5.41, 5.74) is 2.36. The lowest BCUT2D eigenvalue weighted by Crippen LogP contribution is -2.38. The highest BCUT2D eigenvalue weighted by Gasteiger charge is 2.29. The van der Waals surface area contributed by atoms with E-state index >= 15 is 0 Å². The first-order chi connectivity index (χ1) is 15.9. The van der Waals surface area contributed by atoms with Gasteiger partial charge in [-0.2, -0.15) is 0 Å². The van der Waals surface area contributed by atoms with Gasteiger partial charge < -0.3 is 4.90 Å². The van der Waals surface area contributed by atoms with Crippen molar-refractivity contribution in [1.29, 1.82) is 0 Å². The van der Waals surface area contributed by atoms with Gasteiger partial charge in [0.05, 0.1) is 22.6 Å². The zero-order valence-corrected chi connectivity index (χ0v) is 19.0. The molecule has 1 aromatic heterocycles. The number of benzene rings is 3. The van der Waals surface area contributed by atoms with Crippen molar-refractivity contribution in [3.63, 3.8) is 0 Å². The number of amides is 1. The van der Waals surface area contributed by atoms with Gasteiger partial charge in [0, 0.05) is 12.1 Å². The van der Waals surface area contributed by atoms with Crippen LogP contribution < -0.4 is 5.56 Å². The van der Waals surface area contributed by atoms with Crippen molar-refractivity contribution >= 4 is 16.8 Å². The average Bonchev–Trinajstić information content (AvgIpc) is 2.82. The van der Waals surface area contributed by atoms with Crippen molar-refractivity contribution in [1.82, 2.24) is 14.5 Å². The molecule has 0 N–H and O–H groups in total. The van der Waals surface area contributed by atoms with Crippen LogP contribution in [-0.2, 0) is 0 Å². The minimum atomic E-state index is -0.483. The third-order valence-electron chi connectivity index (χ3n) is 5.80. The molecule has 168 valence electrons. The summed E-state index contributed by atoms with van der Waals surface area (Å²) in [7, 11) is 0. The van der Waals surface area contributed by atoms with E-state index in [0.717, 1.165) is 5.56 Å². The normalized spacial score (nSPS) is 12.0. The zero-order chi connectivity index (χ0) is 23.5. The number of aromatic nitrogens is 2. The molecular weight excluding hydrogens is 417 g/mol. The Balaban J connectivity index is 1.95. The lowest BCUT2D eigenvalue weighted by molar-refractivity contribution is 0.0671. The van der Waals surface area contributed by atoms with Gasteiger partial charge in [-0.3, -0.25) is 14.2 Å². The van der Waals surface area contributed by atoms with Crippen molar-refractivity contribution in [2.24, 2.45) is 0 Å². The van der Waals surface area contributed by atoms with Crippen LogP contribution in [-0.4, -0.2) is 26.9 Å². The van der Waals surface area contributed by atoms with E-state index in [-0.39, 0.29) is 17.0 Å². The molecule has 0 bridgehead atoms. The largest absolute Gasteiger partial charge is 0.329 e. The van der Waals surface area contributed by atoms with E-state index in [1.165, 1.54) is 18.2 Å². The van der Waals surface area contributed by atoms with Crippen molar-refractivity contribution < 1.29 is 9.18 Å². The smallest absolute Gasteiger partial charge is 0.266 e. The summed E-state index contributed by atoms with van der Waals surface area (Å²) in [6, 6.07) is 20.1. The van der Waals surface area contributed by atoms with Crippen molar-refractivity contribution in [2.45, 2.75) is 33.2 Å². The van der Waals surface area contributed by atoms with Gasteiger partial charge in [-0.25, -0.2) is 9.37 Å². The molecule has 0 saturated carbocycles. The molecule has 3 aromatic carbocycles. The molecule has 0 saturated heterocycles. The summed E-state index contributed by atoms with van der Waals surface area (Å²) in [6.07, 6.45) is 0.533. The Hall–Kier alpha value is -3.80. The molecule has 0 spiro atoms. The Kier molecular flexibility index (Phi) is 6.36. The topological polar surface area (TPSA) is 55.2 Å². The maximum Gasteiger partial charge on any atom is 0.266 e. The van der Waals surface area contributed by atoms with E-state index in [1.807, 2.05) is 57.2 Å². The van der Waals surface area contributed by atoms with Gasteiger partial charge in [-0.15, -0.1) is 0 Å². The van der Waals surface area contributed by atoms with E-state index < -0.39 is 11.9 Å². The van der Waals surface area contributed by atoms with E-state index in [9.17, 15) is 14.0 Å². The van der Waals surface area contributed by atoms with Crippen molar-refractivity contribution in [3.05, 3.63) is 106 Å². The molecule has 1 amide bonds. The number of aryl methyl sites for hydroxylation is 1. The van der Waals surface area contributed by atoms with E-state index in [4.69, 9.17) is 4.98 Å². The van der Waals surface area contributed by atoms with Crippen LogP contribution in [0, 0.1) is 12.7 Å². The van der Waals surface area contributed by atoms with Crippen molar-refractivity contribution in [2.75, 3.05) is 6.54 Å². The predicted molar refractivity (Wildman–Crippen MR) is 128 cm³/mol. The fourth-order valence-electron chi connectivity index (χ4n) is 4.23. The SMILES string of the molecule is CCC(c1nc2ccccc2c(=O)n1-c1cccc(C)c1)N(CC)C(=O)c1cccc(F)c1. The highest BCUT2D eigenvalue weighted by molar-refractivity contribution is 5.94. The lowest BCUT2D eigenvalue weighted by atomic mass is 10.1. The first kappa shape index (κ1) is 22.4. The van der Waals surface area contributed by atoms with E-state index in [0.29, 0.717) is 35.4 Å². The van der Waals surface area contributed by atoms with Gasteiger partial charge in [-0.05, 0) is 68.3 Å². The first-order valence-corrected chi connectivity index (χ1v) is 11.1. The molecule has 0 fully saturated rings. The second kappa shape index (κ2) is 9.36. The molecule has 6 heteroatoms. The molecule has 0 aliphatic rings. The van der Waals surface area contributed by atoms with Gasteiger partial charge in [0.15, 0.2) is 0 Å². The van der Waals surface area contributed by atoms with Gasteiger partial charge >= 0.3 is 0 Å². The Bertz CT molecular complexity index is 1380. The minimum absolute atomic E-state index is 0.186. The maximum atomic E-state index is 13.8. The molecule has 1 unspecified atom stereocenters. The second-order valence-corrected chi connectivity index (χ2v) is 7.99. The molecule has 33 heavy (non-hydrogen) atoms. The second-order valence-electron chi connectivity index (χ2n) is 7.99. The number of rotatable bonds is 6. The van der Waals surface area contributed by atoms with E-state index in [1.54, 1.807) is 27.7 Å². The van der Waals surface area contributed by atoms with Gasteiger partial charge in [0.25, 0.3) is 11.5 Å². The Morgan fingerprint density at radius 3 is 2.48 bits per heavy atom. The molecule has 4 aromatic rings. The van der Waals surface area contributed by atoms with Crippen LogP contribution in [0.4, 0.5) is 4.39 Å². The van der Waals surface area contributed by atoms with Crippen LogP contribution >= 0.6 is 0 Å². The van der Waals surface area contributed by atoms with Gasteiger partial charge in [0.1, 0.15) is 11.6 Å². The molecule has 1 heterocycles. The number of hydrogen-bond acceptors (Lipinski definition) is 3.